The number of hydrogen-bond donors (Lipinski definition) is 0. The Labute approximate surface area is 170 Å². The minimum Gasteiger partial charge on any atom is -0.191 e. The first kappa shape index (κ1) is 19.1. The van der Waals surface area contributed by atoms with E-state index in [1.807, 2.05) is 36.4 Å². The lowest BCUT2D eigenvalue weighted by Crippen LogP contribution is -2.02. The molecular weight excluding hydrogens is 432 g/mol. The summed E-state index contributed by atoms with van der Waals surface area (Å²) >= 11 is 11.3. The van der Waals surface area contributed by atoms with Gasteiger partial charge in [-0.2, -0.15) is 9.78 Å². The van der Waals surface area contributed by atoms with Crippen LogP contribution in [0.1, 0.15) is 36.7 Å². The van der Waals surface area contributed by atoms with Crippen LogP contribution >= 0.6 is 39.3 Å². The smallest absolute Gasteiger partial charge is 0.191 e. The van der Waals surface area contributed by atoms with Crippen molar-refractivity contribution in [3.05, 3.63) is 75.0 Å². The van der Waals surface area contributed by atoms with E-state index < -0.39 is 0 Å². The number of benzene rings is 2. The largest absolute Gasteiger partial charge is 0.212 e. The fourth-order valence-corrected chi connectivity index (χ4v) is 3.56. The fourth-order valence-electron chi connectivity index (χ4n) is 2.26. The predicted octanol–water partition coefficient (Wildman–Crippen LogP) is 5.99. The van der Waals surface area contributed by atoms with E-state index in [1.54, 1.807) is 22.7 Å². The maximum Gasteiger partial charge on any atom is 0.212 e. The topological polar surface area (TPSA) is 43.1 Å². The van der Waals surface area contributed by atoms with Crippen molar-refractivity contribution in [2.24, 2.45) is 5.10 Å². The second-order valence-electron chi connectivity index (χ2n) is 5.99. The Hall–Kier alpha value is -1.63. The van der Waals surface area contributed by atoms with E-state index in [1.165, 1.54) is 5.56 Å². The molecule has 134 valence electrons. The first-order valence-electron chi connectivity index (χ1n) is 8.16. The van der Waals surface area contributed by atoms with Crippen molar-refractivity contribution in [3.8, 4) is 0 Å². The van der Waals surface area contributed by atoms with Crippen LogP contribution in [0.4, 0.5) is 0 Å². The van der Waals surface area contributed by atoms with E-state index in [-0.39, 0.29) is 5.92 Å². The summed E-state index contributed by atoms with van der Waals surface area (Å²) in [5.74, 6) is 1.84. The molecule has 0 N–H and O–H groups in total. The summed E-state index contributed by atoms with van der Waals surface area (Å²) in [6.45, 7) is 4.16. The molecule has 0 saturated heterocycles. The molecule has 3 aromatic rings. The zero-order valence-electron chi connectivity index (χ0n) is 14.4. The predicted molar refractivity (Wildman–Crippen MR) is 112 cm³/mol. The normalized spacial score (nSPS) is 11.6. The molecule has 0 atom stereocenters. The molecule has 0 aliphatic rings. The number of halogens is 2. The minimum atomic E-state index is 0.216. The van der Waals surface area contributed by atoms with Crippen molar-refractivity contribution in [2.45, 2.75) is 30.7 Å². The summed E-state index contributed by atoms with van der Waals surface area (Å²) in [5.41, 5.74) is 2.08. The maximum absolute atomic E-state index is 6.22. The Bertz CT molecular complexity index is 906. The highest BCUT2D eigenvalue weighted by Crippen LogP contribution is 2.25. The highest BCUT2D eigenvalue weighted by atomic mass is 79.9. The third-order valence-corrected chi connectivity index (χ3v) is 5.51. The van der Waals surface area contributed by atoms with Gasteiger partial charge in [-0.15, -0.1) is 10.2 Å². The summed E-state index contributed by atoms with van der Waals surface area (Å²) in [6.07, 6.45) is 1.75. The van der Waals surface area contributed by atoms with E-state index in [4.69, 9.17) is 11.6 Å². The van der Waals surface area contributed by atoms with Gasteiger partial charge in [0.25, 0.3) is 0 Å². The van der Waals surface area contributed by atoms with Gasteiger partial charge in [-0.3, -0.25) is 0 Å². The van der Waals surface area contributed by atoms with Gasteiger partial charge in [0.2, 0.25) is 5.16 Å². The molecule has 7 heteroatoms. The summed E-state index contributed by atoms with van der Waals surface area (Å²) in [7, 11) is 0. The molecule has 4 nitrogen and oxygen atoms in total. The van der Waals surface area contributed by atoms with Gasteiger partial charge in [-0.25, -0.2) is 0 Å². The van der Waals surface area contributed by atoms with Crippen LogP contribution in [-0.2, 0) is 5.75 Å². The van der Waals surface area contributed by atoms with Crippen LogP contribution in [0.5, 0.6) is 0 Å². The Morgan fingerprint density at radius 2 is 1.88 bits per heavy atom. The van der Waals surface area contributed by atoms with Crippen LogP contribution in [-0.4, -0.2) is 21.1 Å². The van der Waals surface area contributed by atoms with Crippen LogP contribution in [0.25, 0.3) is 0 Å². The highest BCUT2D eigenvalue weighted by Gasteiger charge is 2.15. The molecule has 0 amide bonds. The van der Waals surface area contributed by atoms with Crippen molar-refractivity contribution in [3.63, 3.8) is 0 Å². The van der Waals surface area contributed by atoms with E-state index in [9.17, 15) is 0 Å². The summed E-state index contributed by atoms with van der Waals surface area (Å²) in [6, 6.07) is 15.9. The van der Waals surface area contributed by atoms with Crippen molar-refractivity contribution in [1.82, 2.24) is 14.9 Å². The lowest BCUT2D eigenvalue weighted by Gasteiger charge is -2.07. The molecule has 0 aliphatic heterocycles. The van der Waals surface area contributed by atoms with Crippen LogP contribution in [0.2, 0.25) is 5.02 Å². The quantitative estimate of drug-likeness (QED) is 0.343. The monoisotopic (exact) mass is 448 g/mol. The van der Waals surface area contributed by atoms with Gasteiger partial charge in [0.05, 0.1) is 6.21 Å². The summed E-state index contributed by atoms with van der Waals surface area (Å²) < 4.78 is 2.87. The molecule has 0 fully saturated rings. The number of nitrogens with zero attached hydrogens (tertiary/aromatic N) is 4. The molecule has 1 heterocycles. The first-order valence-corrected chi connectivity index (χ1v) is 10.3. The Kier molecular flexibility index (Phi) is 6.51. The van der Waals surface area contributed by atoms with E-state index in [0.717, 1.165) is 26.8 Å². The van der Waals surface area contributed by atoms with Gasteiger partial charge in [0.1, 0.15) is 0 Å². The second kappa shape index (κ2) is 8.84. The van der Waals surface area contributed by atoms with Crippen molar-refractivity contribution >= 4 is 45.5 Å². The van der Waals surface area contributed by atoms with Gasteiger partial charge in [-0.1, -0.05) is 83.5 Å². The Morgan fingerprint density at radius 1 is 1.15 bits per heavy atom. The van der Waals surface area contributed by atoms with Crippen LogP contribution in [0.15, 0.2) is 63.3 Å². The third-order valence-electron chi connectivity index (χ3n) is 3.65. The molecule has 0 saturated carbocycles. The van der Waals surface area contributed by atoms with Crippen molar-refractivity contribution in [1.29, 1.82) is 0 Å². The minimum absolute atomic E-state index is 0.216. The highest BCUT2D eigenvalue weighted by molar-refractivity contribution is 9.10. The molecule has 0 unspecified atom stereocenters. The molecule has 26 heavy (non-hydrogen) atoms. The van der Waals surface area contributed by atoms with Crippen LogP contribution in [0, 0.1) is 0 Å². The van der Waals surface area contributed by atoms with E-state index in [2.05, 4.69) is 57.2 Å². The molecular formula is C19H18BrClN4S. The number of hydrogen-bond acceptors (Lipinski definition) is 4. The SMILES string of the molecule is CC(C)c1nnc(SCc2ccc(Br)cc2)n1/N=C\c1ccccc1Cl. The molecule has 0 aliphatic carbocycles. The van der Waals surface area contributed by atoms with Gasteiger partial charge < -0.3 is 0 Å². The molecule has 0 bridgehead atoms. The first-order chi connectivity index (χ1) is 12.5. The van der Waals surface area contributed by atoms with Gasteiger partial charge in [-0.05, 0) is 23.8 Å². The lowest BCUT2D eigenvalue weighted by atomic mass is 10.2. The van der Waals surface area contributed by atoms with Gasteiger partial charge >= 0.3 is 0 Å². The van der Waals surface area contributed by atoms with Crippen molar-refractivity contribution in [2.75, 3.05) is 0 Å². The molecule has 3 rings (SSSR count). The number of thioether (sulfide) groups is 1. The summed E-state index contributed by atoms with van der Waals surface area (Å²) in [4.78, 5) is 0. The number of rotatable bonds is 6. The second-order valence-corrected chi connectivity index (χ2v) is 8.25. The summed E-state index contributed by atoms with van der Waals surface area (Å²) in [5, 5.41) is 14.7. The van der Waals surface area contributed by atoms with E-state index in [0.29, 0.717) is 5.02 Å². The Morgan fingerprint density at radius 3 is 2.58 bits per heavy atom. The van der Waals surface area contributed by atoms with Gasteiger partial charge in [0.15, 0.2) is 5.82 Å². The molecule has 0 radical (unpaired) electrons. The fraction of sp³-hybridized carbons (Fsp3) is 0.211. The average Bonchev–Trinajstić information content (AvgIpc) is 3.04. The van der Waals surface area contributed by atoms with Crippen molar-refractivity contribution < 1.29 is 0 Å². The Balaban J connectivity index is 1.84. The molecule has 2 aromatic carbocycles. The van der Waals surface area contributed by atoms with E-state index >= 15 is 0 Å². The molecule has 0 spiro atoms. The van der Waals surface area contributed by atoms with Crippen LogP contribution in [0.3, 0.4) is 0 Å². The lowest BCUT2D eigenvalue weighted by molar-refractivity contribution is 0.667. The average molecular weight is 450 g/mol. The maximum atomic E-state index is 6.22. The zero-order valence-corrected chi connectivity index (χ0v) is 17.6. The molecule has 1 aromatic heterocycles. The zero-order chi connectivity index (χ0) is 18.5. The number of aromatic nitrogens is 3. The van der Waals surface area contributed by atoms with Crippen LogP contribution < -0.4 is 0 Å². The van der Waals surface area contributed by atoms with Gasteiger partial charge in [0, 0.05) is 26.7 Å². The standard InChI is InChI=1S/C19H18BrClN4S/c1-13(2)18-23-24-19(26-12-14-7-9-16(20)10-8-14)25(18)22-11-15-5-3-4-6-17(15)21/h3-11,13H,12H2,1-2H3/b22-11-. The third kappa shape index (κ3) is 4.75.